The molecule has 0 radical (unpaired) electrons. The van der Waals surface area contributed by atoms with E-state index in [0.717, 1.165) is 35.5 Å². The van der Waals surface area contributed by atoms with E-state index in [0.29, 0.717) is 5.92 Å². The van der Waals surface area contributed by atoms with Gasteiger partial charge in [0.05, 0.1) is 11.5 Å². The molecule has 1 aliphatic heterocycles. The van der Waals surface area contributed by atoms with Crippen LogP contribution < -0.4 is 5.32 Å². The van der Waals surface area contributed by atoms with Gasteiger partial charge in [0.2, 0.25) is 0 Å². The van der Waals surface area contributed by atoms with Crippen LogP contribution in [-0.4, -0.2) is 21.6 Å². The van der Waals surface area contributed by atoms with Crippen LogP contribution in [0.3, 0.4) is 0 Å². The topological polar surface area (TPSA) is 44.0 Å². The molecule has 24 heavy (non-hydrogen) atoms. The van der Waals surface area contributed by atoms with Gasteiger partial charge in [0.1, 0.15) is 0 Å². The minimum absolute atomic E-state index is 0.666. The van der Waals surface area contributed by atoms with Gasteiger partial charge >= 0.3 is 0 Å². The van der Waals surface area contributed by atoms with Gasteiger partial charge < -0.3 is 10.2 Å². The lowest BCUT2D eigenvalue weighted by Crippen LogP contribution is -2.32. The Morgan fingerprint density at radius 2 is 2.25 bits per heavy atom. The Morgan fingerprint density at radius 1 is 1.42 bits per heavy atom. The largest absolute Gasteiger partial charge is 0.354 e. The molecule has 0 spiro atoms. The highest BCUT2D eigenvalue weighted by Gasteiger charge is 2.29. The summed E-state index contributed by atoms with van der Waals surface area (Å²) in [6.45, 7) is 8.22. The van der Waals surface area contributed by atoms with Crippen LogP contribution in [0.25, 0.3) is 0 Å². The molecular weight excluding hydrogens is 364 g/mol. The van der Waals surface area contributed by atoms with Crippen LogP contribution >= 0.6 is 15.9 Å². The fraction of sp³-hybridized carbons (Fsp3) is 0.421. The second-order valence-electron chi connectivity index (χ2n) is 6.90. The van der Waals surface area contributed by atoms with Gasteiger partial charge in [-0.25, -0.2) is 0 Å². The summed E-state index contributed by atoms with van der Waals surface area (Å²) in [7, 11) is 0. The monoisotopic (exact) mass is 386 g/mol. The number of nitrogens with zero attached hydrogens (tertiary/aromatic N) is 2. The van der Waals surface area contributed by atoms with Crippen LogP contribution in [0.15, 0.2) is 35.1 Å². The Bertz CT molecular complexity index is 776. The van der Waals surface area contributed by atoms with Gasteiger partial charge in [-0.1, -0.05) is 35.0 Å². The molecule has 2 aromatic rings. The summed E-state index contributed by atoms with van der Waals surface area (Å²) < 4.78 is 1.11. The van der Waals surface area contributed by atoms with E-state index in [1.165, 1.54) is 41.8 Å². The fourth-order valence-electron chi connectivity index (χ4n) is 3.48. The third-order valence-corrected chi connectivity index (χ3v) is 6.15. The molecule has 0 bridgehead atoms. The minimum Gasteiger partial charge on any atom is -0.354 e. The lowest BCUT2D eigenvalue weighted by atomic mass is 9.81. The Labute approximate surface area is 151 Å². The first kappa shape index (κ1) is 15.8. The maximum absolute atomic E-state index is 4.61. The Kier molecular flexibility index (Phi) is 4.12. The number of hydrogen-bond acceptors (Lipinski definition) is 3. The summed E-state index contributed by atoms with van der Waals surface area (Å²) in [5.74, 6) is 1.62. The van der Waals surface area contributed by atoms with E-state index in [-0.39, 0.29) is 0 Å². The molecule has 2 aliphatic rings. The molecule has 1 aliphatic carbocycles. The number of fused-ring (bicyclic) bond motifs is 1. The average molecular weight is 387 g/mol. The quantitative estimate of drug-likeness (QED) is 0.800. The maximum atomic E-state index is 4.61. The van der Waals surface area contributed by atoms with Gasteiger partial charge in [-0.2, -0.15) is 5.10 Å². The van der Waals surface area contributed by atoms with E-state index in [4.69, 9.17) is 0 Å². The Morgan fingerprint density at radius 3 is 2.96 bits per heavy atom. The van der Waals surface area contributed by atoms with Crippen LogP contribution in [-0.2, 0) is 13.0 Å². The van der Waals surface area contributed by atoms with Gasteiger partial charge in [0, 0.05) is 46.8 Å². The molecule has 0 atom stereocenters. The lowest BCUT2D eigenvalue weighted by molar-refractivity contribution is 0.320. The van der Waals surface area contributed by atoms with Gasteiger partial charge in [-0.05, 0) is 37.5 Å². The maximum Gasteiger partial charge on any atom is 0.0986 e. The van der Waals surface area contributed by atoms with Crippen molar-refractivity contribution in [2.45, 2.75) is 45.1 Å². The van der Waals surface area contributed by atoms with Crippen molar-refractivity contribution in [3.05, 3.63) is 57.6 Å². The van der Waals surface area contributed by atoms with Gasteiger partial charge in [0.25, 0.3) is 0 Å². The predicted octanol–water partition coefficient (Wildman–Crippen LogP) is 4.69. The SMILES string of the molecule is C=C(Nc1ccc(C)c(Br)c1)N1CCc2[nH]nc(C3CCC3)c2C1. The molecule has 1 aromatic heterocycles. The van der Waals surface area contributed by atoms with E-state index < -0.39 is 0 Å². The molecule has 4 nitrogen and oxygen atoms in total. The predicted molar refractivity (Wildman–Crippen MR) is 101 cm³/mol. The molecule has 2 heterocycles. The smallest absolute Gasteiger partial charge is 0.0986 e. The molecule has 1 fully saturated rings. The molecule has 4 rings (SSSR count). The van der Waals surface area contributed by atoms with Crippen molar-refractivity contribution in [1.82, 2.24) is 15.1 Å². The van der Waals surface area contributed by atoms with E-state index in [9.17, 15) is 0 Å². The molecule has 5 heteroatoms. The van der Waals surface area contributed by atoms with E-state index >= 15 is 0 Å². The number of benzene rings is 1. The molecule has 0 saturated heterocycles. The van der Waals surface area contributed by atoms with Crippen LogP contribution in [0.1, 0.15) is 47.7 Å². The highest BCUT2D eigenvalue weighted by atomic mass is 79.9. The van der Waals surface area contributed by atoms with Crippen molar-refractivity contribution in [3.63, 3.8) is 0 Å². The number of aryl methyl sites for hydroxylation is 1. The van der Waals surface area contributed by atoms with Crippen LogP contribution in [0, 0.1) is 6.92 Å². The van der Waals surface area contributed by atoms with Gasteiger partial charge in [-0.15, -0.1) is 0 Å². The molecule has 0 amide bonds. The van der Waals surface area contributed by atoms with Crippen molar-refractivity contribution in [3.8, 4) is 0 Å². The summed E-state index contributed by atoms with van der Waals surface area (Å²) in [5, 5.41) is 11.3. The van der Waals surface area contributed by atoms with Crippen LogP contribution in [0.4, 0.5) is 5.69 Å². The second kappa shape index (κ2) is 6.28. The van der Waals surface area contributed by atoms with Crippen molar-refractivity contribution in [2.75, 3.05) is 11.9 Å². The third-order valence-electron chi connectivity index (χ3n) is 5.30. The summed E-state index contributed by atoms with van der Waals surface area (Å²) in [5.41, 5.74) is 6.32. The van der Waals surface area contributed by atoms with Crippen molar-refractivity contribution < 1.29 is 0 Å². The zero-order chi connectivity index (χ0) is 16.7. The normalized spacial score (nSPS) is 17.3. The average Bonchev–Trinajstić information content (AvgIpc) is 2.92. The zero-order valence-corrected chi connectivity index (χ0v) is 15.6. The summed E-state index contributed by atoms with van der Waals surface area (Å²) in [4.78, 5) is 2.33. The van der Waals surface area contributed by atoms with Gasteiger partial charge in [-0.3, -0.25) is 5.10 Å². The summed E-state index contributed by atoms with van der Waals surface area (Å²) in [6, 6.07) is 6.31. The third kappa shape index (κ3) is 2.86. The summed E-state index contributed by atoms with van der Waals surface area (Å²) >= 11 is 3.59. The summed E-state index contributed by atoms with van der Waals surface area (Å²) in [6.07, 6.45) is 4.92. The van der Waals surface area contributed by atoms with Crippen molar-refractivity contribution in [2.24, 2.45) is 0 Å². The number of nitrogens with one attached hydrogen (secondary N) is 2. The fourth-order valence-corrected chi connectivity index (χ4v) is 3.86. The number of anilines is 1. The van der Waals surface area contributed by atoms with Crippen molar-refractivity contribution in [1.29, 1.82) is 0 Å². The molecule has 1 saturated carbocycles. The first-order chi connectivity index (χ1) is 11.6. The molecular formula is C19H23BrN4. The number of halogens is 1. The number of H-pyrrole nitrogens is 1. The van der Waals surface area contributed by atoms with E-state index in [1.54, 1.807) is 0 Å². The lowest BCUT2D eigenvalue weighted by Gasteiger charge is -2.33. The van der Waals surface area contributed by atoms with Crippen LogP contribution in [0.5, 0.6) is 0 Å². The molecule has 2 N–H and O–H groups in total. The second-order valence-corrected chi connectivity index (χ2v) is 7.76. The highest BCUT2D eigenvalue weighted by Crippen LogP contribution is 2.39. The van der Waals surface area contributed by atoms with E-state index in [1.807, 2.05) is 0 Å². The van der Waals surface area contributed by atoms with Crippen LogP contribution in [0.2, 0.25) is 0 Å². The zero-order valence-electron chi connectivity index (χ0n) is 14.0. The Balaban J connectivity index is 1.48. The van der Waals surface area contributed by atoms with Crippen molar-refractivity contribution >= 4 is 21.6 Å². The number of hydrogen-bond donors (Lipinski definition) is 2. The minimum atomic E-state index is 0.666. The molecule has 0 unspecified atom stereocenters. The number of aromatic amines is 1. The molecule has 1 aromatic carbocycles. The molecule has 126 valence electrons. The number of rotatable bonds is 4. The van der Waals surface area contributed by atoms with E-state index in [2.05, 4.69) is 68.0 Å². The standard InChI is InChI=1S/C19H23BrN4/c1-12-6-7-15(10-17(12)20)21-13(2)24-9-8-18-16(11-24)19(23-22-18)14-4-3-5-14/h6-7,10,14,21H,2-5,8-9,11H2,1H3,(H,22,23). The first-order valence-corrected chi connectivity index (χ1v) is 9.44. The van der Waals surface area contributed by atoms with Gasteiger partial charge in [0.15, 0.2) is 0 Å². The Hall–Kier alpha value is -1.75. The first-order valence-electron chi connectivity index (χ1n) is 8.65. The highest BCUT2D eigenvalue weighted by molar-refractivity contribution is 9.10. The number of aromatic nitrogens is 2.